The predicted octanol–water partition coefficient (Wildman–Crippen LogP) is 2.19. The molecule has 7 nitrogen and oxygen atoms in total. The maximum absolute atomic E-state index is 13.0. The number of amides is 1. The highest BCUT2D eigenvalue weighted by Gasteiger charge is 2.30. The lowest BCUT2D eigenvalue weighted by Crippen LogP contribution is -2.44. The van der Waals surface area contributed by atoms with Crippen molar-refractivity contribution in [2.24, 2.45) is 7.05 Å². The molecular weight excluding hydrogens is 358 g/mol. The van der Waals surface area contributed by atoms with E-state index in [2.05, 4.69) is 5.10 Å². The van der Waals surface area contributed by atoms with Gasteiger partial charge in [0, 0.05) is 43.0 Å². The van der Waals surface area contributed by atoms with Gasteiger partial charge in [-0.3, -0.25) is 9.48 Å². The van der Waals surface area contributed by atoms with Crippen molar-refractivity contribution in [1.29, 1.82) is 0 Å². The van der Waals surface area contributed by atoms with E-state index in [1.165, 1.54) is 6.08 Å². The number of carbonyl (C=O) groups is 2. The number of aromatic nitrogens is 2. The van der Waals surface area contributed by atoms with Crippen LogP contribution in [0.2, 0.25) is 0 Å². The lowest BCUT2D eigenvalue weighted by molar-refractivity contribution is -0.159. The summed E-state index contributed by atoms with van der Waals surface area (Å²) in [6.45, 7) is 5.76. The van der Waals surface area contributed by atoms with E-state index in [0.717, 1.165) is 17.0 Å². The van der Waals surface area contributed by atoms with Crippen LogP contribution in [0.15, 0.2) is 36.4 Å². The van der Waals surface area contributed by atoms with Gasteiger partial charge in [0.15, 0.2) is 0 Å². The monoisotopic (exact) mass is 383 g/mol. The highest BCUT2D eigenvalue weighted by atomic mass is 16.5. The Morgan fingerprint density at radius 1 is 1.18 bits per heavy atom. The molecular formula is C21H25N3O4. The molecule has 1 aliphatic rings. The summed E-state index contributed by atoms with van der Waals surface area (Å²) in [7, 11) is 1.85. The molecule has 1 aromatic heterocycles. The van der Waals surface area contributed by atoms with E-state index >= 15 is 0 Å². The minimum absolute atomic E-state index is 0.231. The van der Waals surface area contributed by atoms with Gasteiger partial charge in [0.25, 0.3) is 5.91 Å². The van der Waals surface area contributed by atoms with E-state index < -0.39 is 12.1 Å². The molecule has 0 radical (unpaired) electrons. The molecule has 1 saturated heterocycles. The summed E-state index contributed by atoms with van der Waals surface area (Å²) < 4.78 is 12.6. The average Bonchev–Trinajstić information content (AvgIpc) is 2.96. The first kappa shape index (κ1) is 19.8. The summed E-state index contributed by atoms with van der Waals surface area (Å²) in [5.41, 5.74) is 3.29. The van der Waals surface area contributed by atoms with Gasteiger partial charge < -0.3 is 14.4 Å². The van der Waals surface area contributed by atoms with Gasteiger partial charge in [-0.15, -0.1) is 0 Å². The highest BCUT2D eigenvalue weighted by molar-refractivity contribution is 5.91. The van der Waals surface area contributed by atoms with Gasteiger partial charge in [-0.25, -0.2) is 4.79 Å². The smallest absolute Gasteiger partial charge is 0.331 e. The fraction of sp³-hybridized carbons (Fsp3) is 0.381. The van der Waals surface area contributed by atoms with Crippen LogP contribution in [0.3, 0.4) is 0 Å². The second kappa shape index (κ2) is 8.84. The van der Waals surface area contributed by atoms with Crippen LogP contribution >= 0.6 is 0 Å². The van der Waals surface area contributed by atoms with E-state index in [1.54, 1.807) is 27.8 Å². The van der Waals surface area contributed by atoms with Crippen LogP contribution in [0.1, 0.15) is 28.6 Å². The van der Waals surface area contributed by atoms with Crippen LogP contribution < -0.4 is 0 Å². The molecule has 0 saturated carbocycles. The van der Waals surface area contributed by atoms with Crippen molar-refractivity contribution in [2.45, 2.75) is 20.0 Å². The molecule has 1 aromatic carbocycles. The van der Waals surface area contributed by atoms with Crippen molar-refractivity contribution in [1.82, 2.24) is 14.7 Å². The van der Waals surface area contributed by atoms with Crippen molar-refractivity contribution >= 4 is 18.0 Å². The summed E-state index contributed by atoms with van der Waals surface area (Å²) in [4.78, 5) is 27.1. The number of carbonyl (C=O) groups excluding carboxylic acids is 2. The number of esters is 1. The second-order valence-electron chi connectivity index (χ2n) is 6.71. The molecule has 1 aliphatic heterocycles. The van der Waals surface area contributed by atoms with E-state index in [0.29, 0.717) is 31.9 Å². The van der Waals surface area contributed by atoms with Crippen LogP contribution in [0, 0.1) is 13.8 Å². The van der Waals surface area contributed by atoms with E-state index in [-0.39, 0.29) is 5.91 Å². The van der Waals surface area contributed by atoms with Crippen LogP contribution in [-0.4, -0.2) is 52.9 Å². The van der Waals surface area contributed by atoms with Crippen molar-refractivity contribution in [3.63, 3.8) is 0 Å². The largest absolute Gasteiger partial charge is 0.444 e. The zero-order valence-corrected chi connectivity index (χ0v) is 16.4. The van der Waals surface area contributed by atoms with Gasteiger partial charge >= 0.3 is 5.97 Å². The molecule has 0 spiro atoms. The average molecular weight is 383 g/mol. The molecule has 3 rings (SSSR count). The first-order valence-electron chi connectivity index (χ1n) is 9.27. The minimum Gasteiger partial charge on any atom is -0.444 e. The summed E-state index contributed by atoms with van der Waals surface area (Å²) in [6.07, 6.45) is 2.05. The third-order valence-corrected chi connectivity index (χ3v) is 4.83. The first-order chi connectivity index (χ1) is 13.5. The van der Waals surface area contributed by atoms with Gasteiger partial charge in [-0.1, -0.05) is 30.3 Å². The Bertz CT molecular complexity index is 867. The second-order valence-corrected chi connectivity index (χ2v) is 6.71. The summed E-state index contributed by atoms with van der Waals surface area (Å²) in [5.74, 6) is -0.803. The topological polar surface area (TPSA) is 73.7 Å². The lowest BCUT2D eigenvalue weighted by atomic mass is 10.1. The number of hydrogen-bond donors (Lipinski definition) is 0. The molecule has 2 heterocycles. The summed E-state index contributed by atoms with van der Waals surface area (Å²) in [5, 5.41) is 4.33. The van der Waals surface area contributed by atoms with Gasteiger partial charge in [-0.05, 0) is 19.9 Å². The standard InChI is InChI=1S/C21H25N3O4/c1-15-18(16(2)23(3)22-15)9-10-19(25)28-20(17-7-5-4-6-8-17)21(26)24-11-13-27-14-12-24/h4-10,20H,11-14H2,1-3H3/b10-9+/t20-/m0/s1. The number of hydrogen-bond acceptors (Lipinski definition) is 5. The van der Waals surface area contributed by atoms with Crippen molar-refractivity contribution in [3.8, 4) is 0 Å². The Kier molecular flexibility index (Phi) is 6.26. The predicted molar refractivity (Wildman–Crippen MR) is 104 cm³/mol. The minimum atomic E-state index is -0.979. The lowest BCUT2D eigenvalue weighted by Gasteiger charge is -2.30. The number of benzene rings is 1. The molecule has 0 N–H and O–H groups in total. The number of aryl methyl sites for hydroxylation is 2. The number of nitrogens with zero attached hydrogens (tertiary/aromatic N) is 3. The van der Waals surface area contributed by atoms with Gasteiger partial charge in [-0.2, -0.15) is 5.10 Å². The third-order valence-electron chi connectivity index (χ3n) is 4.83. The highest BCUT2D eigenvalue weighted by Crippen LogP contribution is 2.22. The molecule has 2 aromatic rings. The molecule has 0 bridgehead atoms. The van der Waals surface area contributed by atoms with Crippen LogP contribution in [-0.2, 0) is 26.1 Å². The van der Waals surface area contributed by atoms with Crippen molar-refractivity contribution in [2.75, 3.05) is 26.3 Å². The Labute approximate surface area is 164 Å². The molecule has 1 fully saturated rings. The number of rotatable bonds is 5. The quantitative estimate of drug-likeness (QED) is 0.585. The molecule has 7 heteroatoms. The number of morpholine rings is 1. The van der Waals surface area contributed by atoms with Crippen LogP contribution in [0.5, 0.6) is 0 Å². The van der Waals surface area contributed by atoms with Gasteiger partial charge in [0.2, 0.25) is 6.10 Å². The van der Waals surface area contributed by atoms with E-state index in [9.17, 15) is 9.59 Å². The fourth-order valence-electron chi connectivity index (χ4n) is 3.18. The van der Waals surface area contributed by atoms with Crippen molar-refractivity contribution in [3.05, 3.63) is 58.9 Å². The fourth-order valence-corrected chi connectivity index (χ4v) is 3.18. The normalized spacial score (nSPS) is 15.6. The molecule has 0 aliphatic carbocycles. The molecule has 28 heavy (non-hydrogen) atoms. The van der Waals surface area contributed by atoms with Crippen LogP contribution in [0.25, 0.3) is 6.08 Å². The van der Waals surface area contributed by atoms with Gasteiger partial charge in [0.1, 0.15) is 0 Å². The zero-order valence-electron chi connectivity index (χ0n) is 16.4. The van der Waals surface area contributed by atoms with Crippen LogP contribution in [0.4, 0.5) is 0 Å². The summed E-state index contributed by atoms with van der Waals surface area (Å²) in [6, 6.07) is 9.07. The Balaban J connectivity index is 1.78. The first-order valence-corrected chi connectivity index (χ1v) is 9.27. The molecule has 148 valence electrons. The van der Waals surface area contributed by atoms with E-state index in [1.807, 2.05) is 39.1 Å². The molecule has 0 unspecified atom stereocenters. The zero-order chi connectivity index (χ0) is 20.1. The van der Waals surface area contributed by atoms with Crippen molar-refractivity contribution < 1.29 is 19.1 Å². The van der Waals surface area contributed by atoms with E-state index in [4.69, 9.17) is 9.47 Å². The third kappa shape index (κ3) is 4.48. The summed E-state index contributed by atoms with van der Waals surface area (Å²) >= 11 is 0. The Morgan fingerprint density at radius 2 is 1.86 bits per heavy atom. The Morgan fingerprint density at radius 3 is 2.46 bits per heavy atom. The molecule has 1 atom stereocenters. The molecule has 1 amide bonds. The Hall–Kier alpha value is -2.93. The van der Waals surface area contributed by atoms with Gasteiger partial charge in [0.05, 0.1) is 18.9 Å². The maximum atomic E-state index is 13.0. The SMILES string of the molecule is Cc1nn(C)c(C)c1/C=C/C(=O)O[C@H](C(=O)N1CCOCC1)c1ccccc1. The maximum Gasteiger partial charge on any atom is 0.331 e. The number of ether oxygens (including phenoxy) is 2.